The monoisotopic (exact) mass is 736 g/mol. The minimum atomic E-state index is -1.03. The Hall–Kier alpha value is -4.20. The van der Waals surface area contributed by atoms with Gasteiger partial charge in [0.25, 0.3) is 0 Å². The number of carboxylic acid groups (broad SMARTS) is 2. The van der Waals surface area contributed by atoms with Gasteiger partial charge in [-0.3, -0.25) is 0 Å². The summed E-state index contributed by atoms with van der Waals surface area (Å²) in [5, 5.41) is 18.5. The Morgan fingerprint density at radius 2 is 1.24 bits per heavy atom. The second-order valence-electron chi connectivity index (χ2n) is 19.2. The molecule has 6 unspecified atom stereocenters. The van der Waals surface area contributed by atoms with Crippen LogP contribution < -0.4 is 0 Å². The number of hydrogen-bond donors (Lipinski definition) is 2. The lowest BCUT2D eigenvalue weighted by molar-refractivity contribution is -0.183. The van der Waals surface area contributed by atoms with Crippen LogP contribution in [0.4, 0.5) is 0 Å². The fourth-order valence-corrected chi connectivity index (χ4v) is 12.1. The minimum absolute atomic E-state index is 0.00831. The molecule has 8 atom stereocenters. The summed E-state index contributed by atoms with van der Waals surface area (Å²) in [7, 11) is 0. The predicted molar refractivity (Wildman–Crippen MR) is 205 cm³/mol. The van der Waals surface area contributed by atoms with Gasteiger partial charge in [0.05, 0.1) is 28.9 Å². The fourth-order valence-electron chi connectivity index (χ4n) is 12.1. The number of carboxylic acids is 2. The van der Waals surface area contributed by atoms with Crippen LogP contribution in [0.1, 0.15) is 148 Å². The van der Waals surface area contributed by atoms with Crippen molar-refractivity contribution in [3.8, 4) is 0 Å². The number of aromatic carboxylic acids is 2. The molecule has 0 spiro atoms. The van der Waals surface area contributed by atoms with E-state index in [1.54, 1.807) is 0 Å². The molecule has 5 aliphatic rings. The first-order valence-electron chi connectivity index (χ1n) is 19.7. The molecule has 0 amide bonds. The van der Waals surface area contributed by atoms with Gasteiger partial charge in [0.15, 0.2) is 0 Å². The Bertz CT molecular complexity index is 1940. The van der Waals surface area contributed by atoms with E-state index in [0.717, 1.165) is 57.8 Å². The van der Waals surface area contributed by atoms with Crippen LogP contribution in [0.5, 0.6) is 0 Å². The van der Waals surface area contributed by atoms with Crippen LogP contribution in [-0.4, -0.2) is 46.8 Å². The van der Waals surface area contributed by atoms with Crippen LogP contribution >= 0.6 is 0 Å². The summed E-state index contributed by atoms with van der Waals surface area (Å²) < 4.78 is 12.2. The van der Waals surface area contributed by atoms with Crippen LogP contribution in [0.2, 0.25) is 0 Å². The first-order chi connectivity index (χ1) is 25.3. The van der Waals surface area contributed by atoms with Gasteiger partial charge in [0.2, 0.25) is 0 Å². The quantitative estimate of drug-likeness (QED) is 0.269. The van der Waals surface area contributed by atoms with Gasteiger partial charge in [0, 0.05) is 10.8 Å². The van der Waals surface area contributed by atoms with E-state index in [2.05, 4.69) is 60.6 Å². The van der Waals surface area contributed by atoms with E-state index in [1.807, 2.05) is 0 Å². The maximum absolute atomic E-state index is 13.3. The smallest absolute Gasteiger partial charge is 0.338 e. The summed E-state index contributed by atoms with van der Waals surface area (Å²) in [5.74, 6) is -2.15. The molecular formula is C46H56O8. The van der Waals surface area contributed by atoms with E-state index in [4.69, 9.17) is 9.47 Å². The highest BCUT2D eigenvalue weighted by Gasteiger charge is 2.67. The summed E-state index contributed by atoms with van der Waals surface area (Å²) >= 11 is 0. The molecule has 7 rings (SSSR count). The molecule has 0 aliphatic heterocycles. The molecule has 0 radical (unpaired) electrons. The van der Waals surface area contributed by atoms with Gasteiger partial charge in [0.1, 0.15) is 6.10 Å². The highest BCUT2D eigenvalue weighted by Crippen LogP contribution is 2.74. The molecule has 0 heterocycles. The third-order valence-electron chi connectivity index (χ3n) is 15.8. The molecule has 3 fully saturated rings. The SMILES string of the molecule is CC12CC[C@](C)(COC(=O)c3ccc(C(=O)O)cc3)CC1=C1C=CC3C4(C)CCC(OC(=O)c5ccc(C(=O)O)cc5)C(C)(C)C4CCC3(C)[C@]1(C)CC2. The molecule has 8 nitrogen and oxygen atoms in total. The normalized spacial score (nSPS) is 36.5. The van der Waals surface area contributed by atoms with Crippen LogP contribution in [-0.2, 0) is 9.47 Å². The zero-order valence-corrected chi connectivity index (χ0v) is 32.9. The molecule has 288 valence electrons. The number of rotatable bonds is 7. The van der Waals surface area contributed by atoms with Gasteiger partial charge in [-0.15, -0.1) is 0 Å². The average Bonchev–Trinajstić information content (AvgIpc) is 3.13. The predicted octanol–water partition coefficient (Wildman–Crippen LogP) is 10.2. The van der Waals surface area contributed by atoms with E-state index in [9.17, 15) is 29.4 Å². The Morgan fingerprint density at radius 1 is 0.685 bits per heavy atom. The summed E-state index contributed by atoms with van der Waals surface area (Å²) in [4.78, 5) is 49.0. The fraction of sp³-hybridized carbons (Fsp3) is 0.565. The Labute approximate surface area is 319 Å². The van der Waals surface area contributed by atoms with Crippen LogP contribution in [0, 0.1) is 44.3 Å². The van der Waals surface area contributed by atoms with E-state index in [-0.39, 0.29) is 49.7 Å². The molecule has 2 N–H and O–H groups in total. The van der Waals surface area contributed by atoms with Gasteiger partial charge < -0.3 is 19.7 Å². The van der Waals surface area contributed by atoms with Crippen molar-refractivity contribution in [2.24, 2.45) is 44.3 Å². The summed E-state index contributed by atoms with van der Waals surface area (Å²) in [5.41, 5.74) is 3.76. The lowest BCUT2D eigenvalue weighted by atomic mass is 9.35. The zero-order valence-electron chi connectivity index (χ0n) is 32.9. The summed E-state index contributed by atoms with van der Waals surface area (Å²) in [6.07, 6.45) is 13.9. The lowest BCUT2D eigenvalue weighted by Crippen LogP contribution is -2.63. The molecule has 0 saturated heterocycles. The number of benzene rings is 2. The number of esters is 2. The number of allylic oxidation sites excluding steroid dienone is 4. The molecule has 8 heteroatoms. The second-order valence-corrected chi connectivity index (χ2v) is 19.2. The van der Waals surface area contributed by atoms with E-state index >= 15 is 0 Å². The number of carbonyl (C=O) groups excluding carboxylic acids is 2. The maximum Gasteiger partial charge on any atom is 0.338 e. The molecule has 54 heavy (non-hydrogen) atoms. The number of ether oxygens (including phenoxy) is 2. The van der Waals surface area contributed by atoms with E-state index in [1.165, 1.54) is 59.7 Å². The van der Waals surface area contributed by atoms with Gasteiger partial charge in [-0.25, -0.2) is 19.2 Å². The van der Waals surface area contributed by atoms with E-state index < -0.39 is 23.9 Å². The van der Waals surface area contributed by atoms with Crippen molar-refractivity contribution in [3.63, 3.8) is 0 Å². The van der Waals surface area contributed by atoms with Gasteiger partial charge in [-0.2, -0.15) is 0 Å². The standard InChI is InChI=1S/C46H56O8/c1-41(2)34-18-21-46(7)35(44(34,5)20-19-36(41)54-40(52)31-14-10-29(11-15-31)38(49)50)17-16-32-33-26-42(3,22-23-43(33,4)24-25-45(32,46)6)27-53-39(51)30-12-8-28(9-13-30)37(47)48/h8-17,34-36H,18-27H2,1-7H3,(H,47,48)(H,49,50)/t34?,35?,36?,42-,43?,44?,45+,46?/m0/s1. The number of carbonyl (C=O) groups is 4. The second kappa shape index (κ2) is 12.9. The highest BCUT2D eigenvalue weighted by atomic mass is 16.5. The first kappa shape index (κ1) is 38.1. The zero-order chi connectivity index (χ0) is 39.1. The molecule has 5 aliphatic carbocycles. The van der Waals surface area contributed by atoms with Crippen molar-refractivity contribution >= 4 is 23.9 Å². The van der Waals surface area contributed by atoms with Crippen molar-refractivity contribution in [1.82, 2.24) is 0 Å². The average molecular weight is 737 g/mol. The molecule has 0 aromatic heterocycles. The summed E-state index contributed by atoms with van der Waals surface area (Å²) in [6.45, 7) is 17.1. The van der Waals surface area contributed by atoms with Gasteiger partial charge in [-0.05, 0) is 145 Å². The van der Waals surface area contributed by atoms with Crippen molar-refractivity contribution in [3.05, 3.63) is 94.1 Å². The third-order valence-corrected chi connectivity index (χ3v) is 15.8. The van der Waals surface area contributed by atoms with Crippen LogP contribution in [0.15, 0.2) is 71.8 Å². The van der Waals surface area contributed by atoms with Gasteiger partial charge in [-0.1, -0.05) is 66.2 Å². The van der Waals surface area contributed by atoms with Crippen molar-refractivity contribution in [1.29, 1.82) is 0 Å². The maximum atomic E-state index is 13.3. The lowest BCUT2D eigenvalue weighted by Gasteiger charge is -2.69. The Balaban J connectivity index is 1.12. The van der Waals surface area contributed by atoms with E-state index in [0.29, 0.717) is 29.6 Å². The summed E-state index contributed by atoms with van der Waals surface area (Å²) in [6, 6.07) is 11.9. The Kier molecular flexibility index (Phi) is 9.13. The molecule has 0 bridgehead atoms. The van der Waals surface area contributed by atoms with Crippen molar-refractivity contribution in [2.75, 3.05) is 6.61 Å². The molecular weight excluding hydrogens is 680 g/mol. The first-order valence-corrected chi connectivity index (χ1v) is 19.7. The number of fused-ring (bicyclic) bond motifs is 6. The highest BCUT2D eigenvalue weighted by molar-refractivity contribution is 5.93. The molecule has 2 aromatic carbocycles. The third kappa shape index (κ3) is 5.94. The Morgan fingerprint density at radius 3 is 1.83 bits per heavy atom. The van der Waals surface area contributed by atoms with Crippen molar-refractivity contribution < 1.29 is 38.9 Å². The number of hydrogen-bond acceptors (Lipinski definition) is 6. The molecule has 2 aromatic rings. The van der Waals surface area contributed by atoms with Gasteiger partial charge >= 0.3 is 23.9 Å². The van der Waals surface area contributed by atoms with Crippen LogP contribution in [0.3, 0.4) is 0 Å². The van der Waals surface area contributed by atoms with Crippen LogP contribution in [0.25, 0.3) is 0 Å². The minimum Gasteiger partial charge on any atom is -0.478 e. The topological polar surface area (TPSA) is 127 Å². The van der Waals surface area contributed by atoms with Crippen molar-refractivity contribution in [2.45, 2.75) is 112 Å². The largest absolute Gasteiger partial charge is 0.478 e. The molecule has 3 saturated carbocycles.